The van der Waals surface area contributed by atoms with Gasteiger partial charge in [0.2, 0.25) is 0 Å². The first-order valence-corrected chi connectivity index (χ1v) is 5.25. The van der Waals surface area contributed by atoms with Crippen LogP contribution in [0.5, 0.6) is 0 Å². The summed E-state index contributed by atoms with van der Waals surface area (Å²) in [7, 11) is 0. The summed E-state index contributed by atoms with van der Waals surface area (Å²) < 4.78 is 0. The molecular weight excluding hydrogens is 278 g/mol. The van der Waals surface area contributed by atoms with Gasteiger partial charge in [-0.2, -0.15) is 0 Å². The predicted octanol–water partition coefficient (Wildman–Crippen LogP) is 1.45. The number of benzene rings is 2. The van der Waals surface area contributed by atoms with Gasteiger partial charge in [0.25, 0.3) is 0 Å². The van der Waals surface area contributed by atoms with Crippen LogP contribution in [0.4, 0.5) is 0 Å². The van der Waals surface area contributed by atoms with Crippen molar-refractivity contribution < 1.29 is 19.8 Å². The third-order valence-corrected chi connectivity index (χ3v) is 2.60. The molecule has 2 rings (SSSR count). The van der Waals surface area contributed by atoms with Crippen molar-refractivity contribution in [3.63, 3.8) is 0 Å². The minimum atomic E-state index is -0.970. The molecule has 2 aromatic rings. The molecule has 0 amide bonds. The van der Waals surface area contributed by atoms with Gasteiger partial charge in [0.05, 0.1) is 11.1 Å². The van der Waals surface area contributed by atoms with E-state index in [0.29, 0.717) is 0 Å². The standard InChI is InChI=1S/C14H10O4.2Na.2H/c15-13(16)11-5-1-9(2-6-11)10-3-7-12(8-4-10)14(17)18;;;;/h1-8H,(H,15,16)(H,17,18);;;;. The molecule has 0 unspecified atom stereocenters. The average Bonchev–Trinajstić information content (AvgIpc) is 2.39. The van der Waals surface area contributed by atoms with Crippen molar-refractivity contribution in [1.29, 1.82) is 0 Å². The fourth-order valence-corrected chi connectivity index (χ4v) is 1.61. The molecule has 0 saturated carbocycles. The van der Waals surface area contributed by atoms with Crippen LogP contribution >= 0.6 is 0 Å². The van der Waals surface area contributed by atoms with Crippen molar-refractivity contribution >= 4 is 71.1 Å². The molecule has 0 bridgehead atoms. The molecule has 0 aliphatic rings. The van der Waals surface area contributed by atoms with E-state index in [0.717, 1.165) is 11.1 Å². The summed E-state index contributed by atoms with van der Waals surface area (Å²) in [6.07, 6.45) is 0. The monoisotopic (exact) mass is 290 g/mol. The van der Waals surface area contributed by atoms with Gasteiger partial charge >= 0.3 is 71.1 Å². The Morgan fingerprint density at radius 2 is 0.850 bits per heavy atom. The zero-order chi connectivity index (χ0) is 13.1. The molecule has 0 aromatic heterocycles. The van der Waals surface area contributed by atoms with Crippen molar-refractivity contribution in [2.45, 2.75) is 0 Å². The Hall–Kier alpha value is -0.620. The first-order chi connectivity index (χ1) is 8.58. The van der Waals surface area contributed by atoms with Crippen molar-refractivity contribution in [3.05, 3.63) is 59.7 Å². The Morgan fingerprint density at radius 3 is 1.05 bits per heavy atom. The van der Waals surface area contributed by atoms with E-state index in [2.05, 4.69) is 0 Å². The Labute approximate surface area is 160 Å². The van der Waals surface area contributed by atoms with Crippen LogP contribution in [0.15, 0.2) is 48.5 Å². The Balaban J connectivity index is 0.00000180. The van der Waals surface area contributed by atoms with E-state index in [1.807, 2.05) is 0 Å². The second-order valence-electron chi connectivity index (χ2n) is 3.77. The molecule has 0 atom stereocenters. The quantitative estimate of drug-likeness (QED) is 0.839. The number of rotatable bonds is 3. The molecule has 0 aliphatic carbocycles. The van der Waals surface area contributed by atoms with Gasteiger partial charge in [-0.15, -0.1) is 0 Å². The van der Waals surface area contributed by atoms with E-state index in [4.69, 9.17) is 10.2 Å². The van der Waals surface area contributed by atoms with Crippen LogP contribution in [0.25, 0.3) is 11.1 Å². The Kier molecular flexibility index (Phi) is 8.35. The number of carboxylic acid groups (broad SMARTS) is 2. The van der Waals surface area contributed by atoms with E-state index in [9.17, 15) is 9.59 Å². The van der Waals surface area contributed by atoms with Gasteiger partial charge in [0.15, 0.2) is 0 Å². The summed E-state index contributed by atoms with van der Waals surface area (Å²) >= 11 is 0. The zero-order valence-electron chi connectivity index (χ0n) is 9.33. The fourth-order valence-electron chi connectivity index (χ4n) is 1.61. The maximum absolute atomic E-state index is 10.7. The summed E-state index contributed by atoms with van der Waals surface area (Å²) in [5, 5.41) is 17.6. The second kappa shape index (κ2) is 8.62. The molecular formula is C14H12Na2O4. The summed E-state index contributed by atoms with van der Waals surface area (Å²) in [6.45, 7) is 0. The molecule has 20 heavy (non-hydrogen) atoms. The van der Waals surface area contributed by atoms with Crippen molar-refractivity contribution in [2.75, 3.05) is 0 Å². The summed E-state index contributed by atoms with van der Waals surface area (Å²) in [5.74, 6) is -1.94. The molecule has 4 nitrogen and oxygen atoms in total. The van der Waals surface area contributed by atoms with Crippen molar-refractivity contribution in [1.82, 2.24) is 0 Å². The third-order valence-electron chi connectivity index (χ3n) is 2.60. The summed E-state index contributed by atoms with van der Waals surface area (Å²) in [5.41, 5.74) is 2.13. The van der Waals surface area contributed by atoms with Crippen LogP contribution < -0.4 is 0 Å². The van der Waals surface area contributed by atoms with E-state index in [1.54, 1.807) is 24.3 Å². The van der Waals surface area contributed by atoms with Crippen LogP contribution in [0.3, 0.4) is 0 Å². The van der Waals surface area contributed by atoms with Gasteiger partial charge in [-0.3, -0.25) is 0 Å². The summed E-state index contributed by atoms with van der Waals surface area (Å²) in [4.78, 5) is 21.4. The molecule has 0 spiro atoms. The average molecular weight is 290 g/mol. The number of hydrogen-bond donors (Lipinski definition) is 2. The summed E-state index contributed by atoms with van der Waals surface area (Å²) in [6, 6.07) is 12.8. The van der Waals surface area contributed by atoms with Crippen molar-refractivity contribution in [3.8, 4) is 11.1 Å². The van der Waals surface area contributed by atoms with Gasteiger partial charge in [-0.05, 0) is 35.4 Å². The van der Waals surface area contributed by atoms with Crippen LogP contribution in [-0.4, -0.2) is 81.3 Å². The SMILES string of the molecule is O=C(O)c1ccc(-c2ccc(C(=O)O)cc2)cc1.[NaH].[NaH]. The molecule has 0 heterocycles. The normalized spacial score (nSPS) is 9.00. The number of carbonyl (C=O) groups is 2. The number of hydrogen-bond acceptors (Lipinski definition) is 2. The zero-order valence-corrected chi connectivity index (χ0v) is 9.33. The van der Waals surface area contributed by atoms with E-state index in [1.165, 1.54) is 24.3 Å². The van der Waals surface area contributed by atoms with Crippen LogP contribution in [0.2, 0.25) is 0 Å². The molecule has 6 heteroatoms. The minimum absolute atomic E-state index is 0. The third kappa shape index (κ3) is 4.74. The van der Waals surface area contributed by atoms with Crippen LogP contribution in [-0.2, 0) is 0 Å². The molecule has 0 fully saturated rings. The number of aromatic carboxylic acids is 2. The molecule has 0 aliphatic heterocycles. The maximum atomic E-state index is 10.7. The molecule has 0 radical (unpaired) electrons. The fraction of sp³-hybridized carbons (Fsp3) is 0. The Bertz CT molecular complexity index is 536. The van der Waals surface area contributed by atoms with Crippen LogP contribution in [0, 0.1) is 0 Å². The van der Waals surface area contributed by atoms with Gasteiger partial charge in [0, 0.05) is 0 Å². The van der Waals surface area contributed by atoms with Crippen LogP contribution in [0.1, 0.15) is 20.7 Å². The van der Waals surface area contributed by atoms with Crippen molar-refractivity contribution in [2.24, 2.45) is 0 Å². The number of carboxylic acids is 2. The first kappa shape index (κ1) is 19.4. The van der Waals surface area contributed by atoms with Gasteiger partial charge in [-0.1, -0.05) is 24.3 Å². The molecule has 2 N–H and O–H groups in total. The first-order valence-electron chi connectivity index (χ1n) is 5.25. The second-order valence-corrected chi connectivity index (χ2v) is 3.77. The van der Waals surface area contributed by atoms with E-state index in [-0.39, 0.29) is 70.2 Å². The van der Waals surface area contributed by atoms with Gasteiger partial charge < -0.3 is 10.2 Å². The topological polar surface area (TPSA) is 74.6 Å². The van der Waals surface area contributed by atoms with E-state index < -0.39 is 11.9 Å². The predicted molar refractivity (Wildman–Crippen MR) is 80.1 cm³/mol. The van der Waals surface area contributed by atoms with Gasteiger partial charge in [0.1, 0.15) is 0 Å². The molecule has 2 aromatic carbocycles. The van der Waals surface area contributed by atoms with Gasteiger partial charge in [-0.25, -0.2) is 9.59 Å². The molecule has 0 saturated heterocycles. The Morgan fingerprint density at radius 1 is 0.600 bits per heavy atom. The molecule has 94 valence electrons. The van der Waals surface area contributed by atoms with E-state index >= 15 is 0 Å².